The maximum atomic E-state index is 12.3. The zero-order chi connectivity index (χ0) is 14.7. The minimum Gasteiger partial charge on any atom is -0.384 e. The van der Waals surface area contributed by atoms with Crippen molar-refractivity contribution in [1.29, 1.82) is 0 Å². The van der Waals surface area contributed by atoms with Gasteiger partial charge in [-0.3, -0.25) is 4.79 Å². The highest BCUT2D eigenvalue weighted by Crippen LogP contribution is 2.33. The average Bonchev–Trinajstić information content (AvgIpc) is 3.08. The van der Waals surface area contributed by atoms with Crippen molar-refractivity contribution < 1.29 is 4.79 Å². The van der Waals surface area contributed by atoms with Gasteiger partial charge >= 0.3 is 0 Å². The lowest BCUT2D eigenvalue weighted by atomic mass is 9.95. The number of carbonyl (C=O) groups excluding carboxylic acids is 1. The van der Waals surface area contributed by atoms with E-state index in [1.807, 2.05) is 16.8 Å². The Morgan fingerprint density at radius 2 is 2.29 bits per heavy atom. The zero-order valence-corrected chi connectivity index (χ0v) is 12.2. The Morgan fingerprint density at radius 1 is 1.43 bits per heavy atom. The van der Waals surface area contributed by atoms with Gasteiger partial charge in [0, 0.05) is 31.1 Å². The van der Waals surface area contributed by atoms with Crippen molar-refractivity contribution in [1.82, 2.24) is 14.8 Å². The number of rotatable bonds is 6. The van der Waals surface area contributed by atoms with Crippen LogP contribution in [-0.4, -0.2) is 27.1 Å². The number of benzene rings is 1. The molecule has 1 aromatic carbocycles. The molecule has 1 aromatic heterocycles. The first-order chi connectivity index (χ1) is 10.3. The van der Waals surface area contributed by atoms with E-state index in [2.05, 4.69) is 34.5 Å². The molecule has 0 saturated heterocycles. The molecule has 5 heteroatoms. The Labute approximate surface area is 124 Å². The number of aromatic nitrogens is 3. The van der Waals surface area contributed by atoms with Crippen LogP contribution in [0.25, 0.3) is 0 Å². The number of hydrogen-bond donors (Lipinski definition) is 1. The van der Waals surface area contributed by atoms with Crippen LogP contribution in [0.4, 0.5) is 5.69 Å². The number of anilines is 1. The molecule has 0 amide bonds. The second-order valence-corrected chi connectivity index (χ2v) is 5.48. The number of para-hydroxylation sites is 1. The summed E-state index contributed by atoms with van der Waals surface area (Å²) in [7, 11) is 0. The first-order valence-corrected chi connectivity index (χ1v) is 7.49. The third kappa shape index (κ3) is 2.96. The largest absolute Gasteiger partial charge is 0.384 e. The van der Waals surface area contributed by atoms with Gasteiger partial charge < -0.3 is 5.32 Å². The molecule has 1 atom stereocenters. The fraction of sp³-hybridized carbons (Fsp3) is 0.438. The van der Waals surface area contributed by atoms with E-state index < -0.39 is 0 Å². The highest BCUT2D eigenvalue weighted by atomic mass is 16.1. The molecule has 0 spiro atoms. The van der Waals surface area contributed by atoms with E-state index in [0.29, 0.717) is 12.8 Å². The van der Waals surface area contributed by atoms with Crippen LogP contribution >= 0.6 is 0 Å². The highest BCUT2D eigenvalue weighted by molar-refractivity contribution is 5.81. The van der Waals surface area contributed by atoms with Crippen LogP contribution in [0, 0.1) is 0 Å². The van der Waals surface area contributed by atoms with E-state index in [4.69, 9.17) is 0 Å². The third-order valence-electron chi connectivity index (χ3n) is 3.90. The Bertz CT molecular complexity index is 635. The van der Waals surface area contributed by atoms with E-state index in [1.54, 1.807) is 0 Å². The molecule has 1 aliphatic rings. The monoisotopic (exact) mass is 284 g/mol. The minimum atomic E-state index is 0.226. The smallest absolute Gasteiger partial charge is 0.141 e. The average molecular weight is 284 g/mol. The summed E-state index contributed by atoms with van der Waals surface area (Å²) in [6.07, 6.45) is 3.46. The summed E-state index contributed by atoms with van der Waals surface area (Å²) in [5.74, 6) is 1.28. The quantitative estimate of drug-likeness (QED) is 0.885. The van der Waals surface area contributed by atoms with Crippen LogP contribution in [0.3, 0.4) is 0 Å². The molecule has 1 unspecified atom stereocenters. The summed E-state index contributed by atoms with van der Waals surface area (Å²) in [4.78, 5) is 16.5. The fourth-order valence-corrected chi connectivity index (χ4v) is 2.89. The van der Waals surface area contributed by atoms with E-state index in [9.17, 15) is 4.79 Å². The van der Waals surface area contributed by atoms with E-state index >= 15 is 0 Å². The predicted molar refractivity (Wildman–Crippen MR) is 81.3 cm³/mol. The number of fused-ring (bicyclic) bond motifs is 1. The predicted octanol–water partition coefficient (Wildman–Crippen LogP) is 2.40. The van der Waals surface area contributed by atoms with Gasteiger partial charge in [0.2, 0.25) is 0 Å². The second kappa shape index (κ2) is 6.08. The van der Waals surface area contributed by atoms with Crippen LogP contribution in [0.1, 0.15) is 37.1 Å². The number of aryl methyl sites for hydroxylation is 1. The standard InChI is InChI=1S/C16H20N4O/c1-2-7-20-16(18-11-19-20)9-13(21)8-12-10-17-15-6-4-3-5-14(12)15/h3-6,11-12,17H,2,7-10H2,1H3. The number of nitrogens with one attached hydrogen (secondary N) is 1. The van der Waals surface area contributed by atoms with Crippen molar-refractivity contribution in [2.75, 3.05) is 11.9 Å². The number of nitrogens with zero attached hydrogens (tertiary/aromatic N) is 3. The third-order valence-corrected chi connectivity index (χ3v) is 3.90. The molecule has 0 bridgehead atoms. The van der Waals surface area contributed by atoms with Crippen LogP contribution in [-0.2, 0) is 17.8 Å². The summed E-state index contributed by atoms with van der Waals surface area (Å²) in [6, 6.07) is 8.22. The molecule has 0 aliphatic carbocycles. The second-order valence-electron chi connectivity index (χ2n) is 5.48. The lowest BCUT2D eigenvalue weighted by molar-refractivity contribution is -0.118. The van der Waals surface area contributed by atoms with Crippen molar-refractivity contribution in [2.45, 2.75) is 38.6 Å². The first-order valence-electron chi connectivity index (χ1n) is 7.49. The molecule has 1 N–H and O–H groups in total. The molecule has 0 radical (unpaired) electrons. The summed E-state index contributed by atoms with van der Waals surface area (Å²) in [5, 5.41) is 7.53. The van der Waals surface area contributed by atoms with Crippen LogP contribution in [0.15, 0.2) is 30.6 Å². The molecule has 2 aromatic rings. The highest BCUT2D eigenvalue weighted by Gasteiger charge is 2.24. The van der Waals surface area contributed by atoms with Crippen molar-refractivity contribution >= 4 is 11.5 Å². The SMILES string of the molecule is CCCn1ncnc1CC(=O)CC1CNc2ccccc21. The summed E-state index contributed by atoms with van der Waals surface area (Å²) in [6.45, 7) is 3.75. The molecule has 5 nitrogen and oxygen atoms in total. The molecular weight excluding hydrogens is 264 g/mol. The van der Waals surface area contributed by atoms with Gasteiger partial charge in [-0.25, -0.2) is 9.67 Å². The van der Waals surface area contributed by atoms with Crippen LogP contribution < -0.4 is 5.32 Å². The van der Waals surface area contributed by atoms with Gasteiger partial charge in [-0.05, 0) is 18.1 Å². The topological polar surface area (TPSA) is 59.8 Å². The maximum Gasteiger partial charge on any atom is 0.141 e. The summed E-state index contributed by atoms with van der Waals surface area (Å²) in [5.41, 5.74) is 2.41. The Hall–Kier alpha value is -2.17. The molecule has 0 saturated carbocycles. The maximum absolute atomic E-state index is 12.3. The van der Waals surface area contributed by atoms with Gasteiger partial charge in [0.05, 0.1) is 6.42 Å². The minimum absolute atomic E-state index is 0.226. The zero-order valence-electron chi connectivity index (χ0n) is 12.2. The lowest BCUT2D eigenvalue weighted by Crippen LogP contribution is -2.15. The normalized spacial score (nSPS) is 16.5. The Balaban J connectivity index is 1.64. The van der Waals surface area contributed by atoms with Crippen molar-refractivity contribution in [3.05, 3.63) is 42.0 Å². The number of ketones is 1. The Morgan fingerprint density at radius 3 is 3.14 bits per heavy atom. The van der Waals surface area contributed by atoms with Crippen LogP contribution in [0.2, 0.25) is 0 Å². The van der Waals surface area contributed by atoms with Crippen molar-refractivity contribution in [3.63, 3.8) is 0 Å². The van der Waals surface area contributed by atoms with E-state index in [0.717, 1.165) is 31.0 Å². The van der Waals surface area contributed by atoms with E-state index in [-0.39, 0.29) is 11.7 Å². The van der Waals surface area contributed by atoms with Gasteiger partial charge in [0.15, 0.2) is 0 Å². The molecule has 1 aliphatic heterocycles. The number of Topliss-reactive ketones (excluding diaryl/α,β-unsaturated/α-hetero) is 1. The molecule has 21 heavy (non-hydrogen) atoms. The van der Waals surface area contributed by atoms with Gasteiger partial charge in [0.25, 0.3) is 0 Å². The van der Waals surface area contributed by atoms with Crippen LogP contribution in [0.5, 0.6) is 0 Å². The van der Waals surface area contributed by atoms with Gasteiger partial charge in [-0.2, -0.15) is 5.10 Å². The van der Waals surface area contributed by atoms with E-state index in [1.165, 1.54) is 11.9 Å². The molecular formula is C16H20N4O. The van der Waals surface area contributed by atoms with Crippen molar-refractivity contribution in [3.8, 4) is 0 Å². The molecule has 3 rings (SSSR count). The molecule has 2 heterocycles. The first kappa shape index (κ1) is 13.8. The molecule has 110 valence electrons. The van der Waals surface area contributed by atoms with Crippen molar-refractivity contribution in [2.24, 2.45) is 0 Å². The Kier molecular flexibility index (Phi) is 3.99. The fourth-order valence-electron chi connectivity index (χ4n) is 2.89. The number of carbonyl (C=O) groups is 1. The van der Waals surface area contributed by atoms with Gasteiger partial charge in [-0.1, -0.05) is 25.1 Å². The van der Waals surface area contributed by atoms with Gasteiger partial charge in [0.1, 0.15) is 17.9 Å². The lowest BCUT2D eigenvalue weighted by Gasteiger charge is -2.09. The summed E-state index contributed by atoms with van der Waals surface area (Å²) >= 11 is 0. The molecule has 0 fully saturated rings. The summed E-state index contributed by atoms with van der Waals surface area (Å²) < 4.78 is 1.83. The number of hydrogen-bond acceptors (Lipinski definition) is 4. The van der Waals surface area contributed by atoms with Gasteiger partial charge in [-0.15, -0.1) is 0 Å².